The molecule has 0 aromatic heterocycles. The maximum absolute atomic E-state index is 2.39. The summed E-state index contributed by atoms with van der Waals surface area (Å²) in [6.07, 6.45) is 2.17. The maximum Gasteiger partial charge on any atom is 0.0649 e. The van der Waals surface area contributed by atoms with Gasteiger partial charge in [0, 0.05) is 0 Å². The summed E-state index contributed by atoms with van der Waals surface area (Å²) in [4.78, 5) is 2.39. The van der Waals surface area contributed by atoms with Crippen molar-refractivity contribution < 1.29 is 0 Å². The molecule has 1 saturated heterocycles. The van der Waals surface area contributed by atoms with Crippen LogP contribution in [-0.2, 0) is 0 Å². The fraction of sp³-hybridized carbons (Fsp3) is 0.714. The Balaban J connectivity index is 2.13. The average molecular weight is 141 g/mol. The van der Waals surface area contributed by atoms with E-state index >= 15 is 0 Å². The molecule has 0 atom stereocenters. The summed E-state index contributed by atoms with van der Waals surface area (Å²) in [6, 6.07) is 0. The lowest BCUT2D eigenvalue weighted by Gasteiger charge is -2.19. The number of rotatable bonds is 2. The topological polar surface area (TPSA) is 3.01 Å². The summed E-state index contributed by atoms with van der Waals surface area (Å²) in [5.74, 6) is 0. The van der Waals surface area contributed by atoms with E-state index in [-0.39, 0.29) is 0 Å². The van der Waals surface area contributed by atoms with Gasteiger partial charge >= 0.3 is 0 Å². The van der Waals surface area contributed by atoms with Crippen LogP contribution in [0.5, 0.6) is 0 Å². The van der Waals surface area contributed by atoms with E-state index in [0.29, 0.717) is 4.75 Å². The van der Waals surface area contributed by atoms with Crippen molar-refractivity contribution in [3.05, 3.63) is 11.4 Å². The molecule has 0 aromatic carbocycles. The second kappa shape index (κ2) is 1.31. The third-order valence-corrected chi connectivity index (χ3v) is 3.32. The van der Waals surface area contributed by atoms with Gasteiger partial charge in [-0.2, -0.15) is 11.8 Å². The molecule has 1 nitrogen and oxygen atoms in total. The van der Waals surface area contributed by atoms with Crippen LogP contribution in [0, 0.1) is 0 Å². The second-order valence-electron chi connectivity index (χ2n) is 3.10. The van der Waals surface area contributed by atoms with E-state index in [1.165, 1.54) is 6.54 Å². The van der Waals surface area contributed by atoms with Crippen molar-refractivity contribution in [2.45, 2.75) is 18.6 Å². The fourth-order valence-electron chi connectivity index (χ4n) is 1.18. The van der Waals surface area contributed by atoms with Gasteiger partial charge < -0.3 is 4.90 Å². The molecular weight excluding hydrogens is 130 g/mol. The van der Waals surface area contributed by atoms with Crippen molar-refractivity contribution in [1.29, 1.82) is 0 Å². The van der Waals surface area contributed by atoms with E-state index in [2.05, 4.69) is 25.0 Å². The van der Waals surface area contributed by atoms with Crippen LogP contribution in [0.3, 0.4) is 0 Å². The third-order valence-electron chi connectivity index (χ3n) is 2.10. The first-order valence-corrected chi connectivity index (χ1v) is 4.45. The maximum atomic E-state index is 2.39. The number of nitrogens with zero attached hydrogens (tertiary/aromatic N) is 1. The van der Waals surface area contributed by atoms with Crippen LogP contribution >= 0.6 is 11.8 Å². The van der Waals surface area contributed by atoms with Crippen LogP contribution in [0.25, 0.3) is 0 Å². The van der Waals surface area contributed by atoms with Crippen LogP contribution in [0.1, 0.15) is 13.8 Å². The molecule has 1 fully saturated rings. The van der Waals surface area contributed by atoms with Crippen LogP contribution in [0.4, 0.5) is 0 Å². The Morgan fingerprint density at radius 2 is 2.11 bits per heavy atom. The Hall–Kier alpha value is -0.110. The fourth-order valence-corrected chi connectivity index (χ4v) is 1.61. The number of fused-ring (bicyclic) bond motifs is 1. The summed E-state index contributed by atoms with van der Waals surface area (Å²) >= 11 is 1.93. The van der Waals surface area contributed by atoms with Crippen molar-refractivity contribution in [2.75, 3.05) is 12.8 Å². The highest BCUT2D eigenvalue weighted by Crippen LogP contribution is 2.55. The Morgan fingerprint density at radius 1 is 1.56 bits per heavy atom. The van der Waals surface area contributed by atoms with Gasteiger partial charge in [0.25, 0.3) is 0 Å². The molecular formula is C7H11NS. The zero-order chi connectivity index (χ0) is 6.65. The van der Waals surface area contributed by atoms with Gasteiger partial charge in [0.05, 0.1) is 22.7 Å². The van der Waals surface area contributed by atoms with E-state index in [1.54, 1.807) is 11.4 Å². The molecule has 2 heteroatoms. The van der Waals surface area contributed by atoms with Gasteiger partial charge in [0.2, 0.25) is 0 Å². The van der Waals surface area contributed by atoms with E-state index in [4.69, 9.17) is 0 Å². The molecule has 0 bridgehead atoms. The zero-order valence-electron chi connectivity index (χ0n) is 6.06. The molecule has 2 aliphatic rings. The monoisotopic (exact) mass is 141 g/mol. The first-order chi connectivity index (χ1) is 4.17. The molecule has 2 aliphatic heterocycles. The molecule has 0 radical (unpaired) electrons. The Labute approximate surface area is 60.1 Å². The highest BCUT2D eigenvalue weighted by molar-refractivity contribution is 8.00. The first-order valence-electron chi connectivity index (χ1n) is 3.23. The van der Waals surface area contributed by atoms with Crippen molar-refractivity contribution in [2.24, 2.45) is 0 Å². The lowest BCUT2D eigenvalue weighted by Crippen LogP contribution is -2.17. The van der Waals surface area contributed by atoms with E-state index in [1.807, 2.05) is 11.8 Å². The van der Waals surface area contributed by atoms with Crippen LogP contribution in [-0.4, -0.2) is 22.4 Å². The van der Waals surface area contributed by atoms with Gasteiger partial charge in [0.15, 0.2) is 0 Å². The summed E-state index contributed by atoms with van der Waals surface area (Å²) in [5, 5.41) is 0. The number of hydrogen-bond donors (Lipinski definition) is 0. The highest BCUT2D eigenvalue weighted by atomic mass is 32.2. The predicted molar refractivity (Wildman–Crippen MR) is 41.3 cm³/mol. The van der Waals surface area contributed by atoms with Crippen molar-refractivity contribution in [3.8, 4) is 0 Å². The largest absolute Gasteiger partial charge is 0.337 e. The number of hydrogen-bond acceptors (Lipinski definition) is 2. The van der Waals surface area contributed by atoms with Gasteiger partial charge in [-0.3, -0.25) is 0 Å². The summed E-state index contributed by atoms with van der Waals surface area (Å²) in [6.45, 7) is 5.83. The molecule has 0 aromatic rings. The smallest absolute Gasteiger partial charge is 0.0649 e. The van der Waals surface area contributed by atoms with Crippen molar-refractivity contribution in [1.82, 2.24) is 4.90 Å². The van der Waals surface area contributed by atoms with Crippen LogP contribution < -0.4 is 0 Å². The second-order valence-corrected chi connectivity index (χ2v) is 4.52. The molecule has 2 rings (SSSR count). The molecule has 0 amide bonds. The van der Waals surface area contributed by atoms with Crippen LogP contribution in [0.15, 0.2) is 11.4 Å². The predicted octanol–water partition coefficient (Wildman–Crippen LogP) is 1.67. The highest BCUT2D eigenvalue weighted by Gasteiger charge is 2.54. The summed E-state index contributed by atoms with van der Waals surface area (Å²) < 4.78 is 0.396. The molecule has 0 unspecified atom stereocenters. The van der Waals surface area contributed by atoms with E-state index in [9.17, 15) is 0 Å². The van der Waals surface area contributed by atoms with Gasteiger partial charge in [0.1, 0.15) is 0 Å². The van der Waals surface area contributed by atoms with E-state index < -0.39 is 0 Å². The Kier molecular flexibility index (Phi) is 0.825. The minimum absolute atomic E-state index is 0.396. The third kappa shape index (κ3) is 0.627. The standard InChI is InChI=1S/C7H11NS/c1-7(2,9-3)6-5-4-8(5)6/h4H2,1-3H3. The molecule has 2 heterocycles. The van der Waals surface area contributed by atoms with Crippen molar-refractivity contribution in [3.63, 3.8) is 0 Å². The lowest BCUT2D eigenvalue weighted by atomic mass is 10.1. The van der Waals surface area contributed by atoms with Crippen LogP contribution in [0.2, 0.25) is 0 Å². The Morgan fingerprint density at radius 3 is 2.22 bits per heavy atom. The minimum Gasteiger partial charge on any atom is -0.337 e. The molecule has 0 aliphatic carbocycles. The molecule has 0 saturated carbocycles. The quantitative estimate of drug-likeness (QED) is 0.538. The average Bonchev–Trinajstić information content (AvgIpc) is 2.46. The lowest BCUT2D eigenvalue weighted by molar-refractivity contribution is 0.696. The molecule has 0 spiro atoms. The van der Waals surface area contributed by atoms with Gasteiger partial charge in [-0.05, 0) is 20.1 Å². The van der Waals surface area contributed by atoms with Gasteiger partial charge in [-0.1, -0.05) is 0 Å². The number of thioether (sulfide) groups is 1. The van der Waals surface area contributed by atoms with Gasteiger partial charge in [-0.15, -0.1) is 0 Å². The zero-order valence-corrected chi connectivity index (χ0v) is 6.88. The normalized spacial score (nSPS) is 22.3. The minimum atomic E-state index is 0.396. The van der Waals surface area contributed by atoms with Gasteiger partial charge in [-0.25, -0.2) is 0 Å². The van der Waals surface area contributed by atoms with Crippen molar-refractivity contribution >= 4 is 11.8 Å². The SMILES string of the molecule is CSC(C)(C)C1=C2CN21. The summed E-state index contributed by atoms with van der Waals surface area (Å²) in [5.41, 5.74) is 3.20. The molecule has 0 N–H and O–H groups in total. The molecule has 50 valence electrons. The first kappa shape index (κ1) is 5.66. The summed E-state index contributed by atoms with van der Waals surface area (Å²) in [7, 11) is 0. The Bertz CT molecular complexity index is 193. The molecule has 9 heavy (non-hydrogen) atoms. The van der Waals surface area contributed by atoms with E-state index in [0.717, 1.165) is 0 Å².